The number of benzene rings is 2. The molecule has 0 saturated carbocycles. The maximum absolute atomic E-state index is 12.6. The normalized spacial score (nSPS) is 13.9. The van der Waals surface area contributed by atoms with Gasteiger partial charge in [-0.15, -0.1) is 0 Å². The molecule has 9 heteroatoms. The first kappa shape index (κ1) is 30.5. The number of methoxy groups -OCH3 is 1. The number of carbonyl (C=O) groups excluding carboxylic acids is 3. The first-order chi connectivity index (χ1) is 17.6. The second kappa shape index (κ2) is 12.7. The lowest BCUT2D eigenvalue weighted by molar-refractivity contribution is -0.147. The van der Waals surface area contributed by atoms with Crippen LogP contribution in [-0.4, -0.2) is 48.6 Å². The van der Waals surface area contributed by atoms with E-state index in [0.29, 0.717) is 5.75 Å². The predicted octanol–water partition coefficient (Wildman–Crippen LogP) is 5.33. The van der Waals surface area contributed by atoms with Crippen LogP contribution in [0.25, 0.3) is 0 Å². The van der Waals surface area contributed by atoms with Crippen LogP contribution >= 0.6 is 0 Å². The first-order valence-corrected chi connectivity index (χ1v) is 12.5. The van der Waals surface area contributed by atoms with Crippen LogP contribution in [0.3, 0.4) is 0 Å². The summed E-state index contributed by atoms with van der Waals surface area (Å²) < 4.78 is 21.7. The molecule has 2 N–H and O–H groups in total. The summed E-state index contributed by atoms with van der Waals surface area (Å²) in [5.41, 5.74) is -1.16. The summed E-state index contributed by atoms with van der Waals surface area (Å²) >= 11 is 0. The van der Waals surface area contributed by atoms with E-state index in [9.17, 15) is 14.4 Å². The smallest absolute Gasteiger partial charge is 0.408 e. The summed E-state index contributed by atoms with van der Waals surface area (Å²) in [5, 5.41) is 5.51. The molecule has 0 spiro atoms. The molecule has 0 bridgehead atoms. The third-order valence-corrected chi connectivity index (χ3v) is 5.18. The zero-order valence-electron chi connectivity index (χ0n) is 23.5. The van der Waals surface area contributed by atoms with Gasteiger partial charge in [0.15, 0.2) is 0 Å². The summed E-state index contributed by atoms with van der Waals surface area (Å²) in [4.78, 5) is 37.5. The molecule has 2 atom stereocenters. The monoisotopic (exact) mass is 528 g/mol. The van der Waals surface area contributed by atoms with Crippen molar-refractivity contribution in [3.63, 3.8) is 0 Å². The van der Waals surface area contributed by atoms with Crippen LogP contribution < -0.4 is 15.4 Å². The van der Waals surface area contributed by atoms with E-state index in [1.807, 2.05) is 36.4 Å². The molecule has 9 nitrogen and oxygen atoms in total. The van der Waals surface area contributed by atoms with Crippen LogP contribution in [0.4, 0.5) is 9.59 Å². The van der Waals surface area contributed by atoms with Crippen LogP contribution in [0, 0.1) is 0 Å². The molecule has 2 rings (SSSR count). The van der Waals surface area contributed by atoms with Gasteiger partial charge in [0.05, 0.1) is 13.2 Å². The van der Waals surface area contributed by atoms with Crippen molar-refractivity contribution in [3.05, 3.63) is 65.7 Å². The molecule has 2 aromatic carbocycles. The van der Waals surface area contributed by atoms with Crippen molar-refractivity contribution in [2.75, 3.05) is 13.7 Å². The number of alkyl carbamates (subject to hydrolysis) is 2. The number of rotatable bonds is 9. The molecule has 0 heterocycles. The molecule has 0 fully saturated rings. The second-order valence-corrected chi connectivity index (χ2v) is 11.2. The van der Waals surface area contributed by atoms with Crippen molar-refractivity contribution in [3.8, 4) is 5.75 Å². The fraction of sp³-hybridized carbons (Fsp3) is 0.483. The highest BCUT2D eigenvalue weighted by Gasteiger charge is 2.38. The Balaban J connectivity index is 2.18. The fourth-order valence-corrected chi connectivity index (χ4v) is 3.61. The fourth-order valence-electron chi connectivity index (χ4n) is 3.61. The van der Waals surface area contributed by atoms with Crippen LogP contribution in [-0.2, 0) is 25.4 Å². The third-order valence-electron chi connectivity index (χ3n) is 5.18. The lowest BCUT2D eigenvalue weighted by Crippen LogP contribution is -2.55. The van der Waals surface area contributed by atoms with Crippen LogP contribution in [0.15, 0.2) is 54.6 Å². The largest absolute Gasteiger partial charge is 0.491 e. The minimum absolute atomic E-state index is 0.133. The first-order valence-electron chi connectivity index (χ1n) is 12.5. The van der Waals surface area contributed by atoms with E-state index in [0.717, 1.165) is 11.1 Å². The number of carbonyl (C=O) groups is 3. The molecule has 0 aliphatic rings. The van der Waals surface area contributed by atoms with E-state index in [-0.39, 0.29) is 13.0 Å². The molecule has 0 aliphatic heterocycles. The van der Waals surface area contributed by atoms with Gasteiger partial charge in [0.2, 0.25) is 0 Å². The summed E-state index contributed by atoms with van der Waals surface area (Å²) in [6.07, 6.45) is -1.14. The number of ether oxygens (including phenoxy) is 4. The van der Waals surface area contributed by atoms with E-state index in [2.05, 4.69) is 10.6 Å². The molecule has 1 unspecified atom stereocenters. The zero-order valence-corrected chi connectivity index (χ0v) is 23.5. The number of hydrogen-bond donors (Lipinski definition) is 2. The van der Waals surface area contributed by atoms with E-state index >= 15 is 0 Å². The molecular weight excluding hydrogens is 488 g/mol. The Hall–Kier alpha value is -3.75. The van der Waals surface area contributed by atoms with Gasteiger partial charge in [-0.2, -0.15) is 0 Å². The van der Waals surface area contributed by atoms with Crippen molar-refractivity contribution in [2.45, 2.75) is 77.7 Å². The zero-order chi connectivity index (χ0) is 28.6. The average Bonchev–Trinajstić information content (AvgIpc) is 2.79. The van der Waals surface area contributed by atoms with E-state index in [4.69, 9.17) is 18.9 Å². The minimum Gasteiger partial charge on any atom is -0.491 e. The summed E-state index contributed by atoms with van der Waals surface area (Å²) in [6.45, 7) is 12.3. The molecule has 38 heavy (non-hydrogen) atoms. The van der Waals surface area contributed by atoms with Gasteiger partial charge >= 0.3 is 18.2 Å². The Bertz CT molecular complexity index is 1090. The molecule has 2 amide bonds. The van der Waals surface area contributed by atoms with Gasteiger partial charge in [-0.25, -0.2) is 14.4 Å². The minimum atomic E-state index is -1.37. The topological polar surface area (TPSA) is 112 Å². The van der Waals surface area contributed by atoms with Crippen LogP contribution in [0.5, 0.6) is 5.75 Å². The summed E-state index contributed by atoms with van der Waals surface area (Å²) in [7, 11) is 1.26. The van der Waals surface area contributed by atoms with Crippen molar-refractivity contribution < 1.29 is 33.3 Å². The SMILES string of the molecule is COC(=O)[C@](C)(Cc1cccc(OCC(NC(=O)OC(C)(C)C)c2ccccc2)c1)NC(=O)OC(C)(C)C. The van der Waals surface area contributed by atoms with Gasteiger partial charge in [0.25, 0.3) is 0 Å². The molecule has 208 valence electrons. The van der Waals surface area contributed by atoms with Gasteiger partial charge < -0.3 is 29.6 Å². The van der Waals surface area contributed by atoms with Crippen molar-refractivity contribution in [2.24, 2.45) is 0 Å². The predicted molar refractivity (Wildman–Crippen MR) is 144 cm³/mol. The van der Waals surface area contributed by atoms with Crippen LogP contribution in [0.2, 0.25) is 0 Å². The highest BCUT2D eigenvalue weighted by Crippen LogP contribution is 2.23. The second-order valence-electron chi connectivity index (χ2n) is 11.2. The van der Waals surface area contributed by atoms with Crippen molar-refractivity contribution >= 4 is 18.2 Å². The Morgan fingerprint density at radius 1 is 0.816 bits per heavy atom. The van der Waals surface area contributed by atoms with Crippen LogP contribution in [0.1, 0.15) is 65.6 Å². The molecule has 0 saturated heterocycles. The number of hydrogen-bond acceptors (Lipinski definition) is 7. The molecular formula is C29H40N2O7. The van der Waals surface area contributed by atoms with Gasteiger partial charge in [0.1, 0.15) is 29.1 Å². The summed E-state index contributed by atoms with van der Waals surface area (Å²) in [6, 6.07) is 16.1. The van der Waals surface area contributed by atoms with Crippen molar-refractivity contribution in [1.82, 2.24) is 10.6 Å². The Morgan fingerprint density at radius 3 is 2.00 bits per heavy atom. The average molecular weight is 529 g/mol. The lowest BCUT2D eigenvalue weighted by Gasteiger charge is -2.30. The van der Waals surface area contributed by atoms with Gasteiger partial charge in [-0.05, 0) is 71.7 Å². The quantitative estimate of drug-likeness (QED) is 0.334. The number of nitrogens with one attached hydrogen (secondary N) is 2. The molecule has 0 aliphatic carbocycles. The maximum Gasteiger partial charge on any atom is 0.408 e. The number of amides is 2. The molecule has 2 aromatic rings. The maximum atomic E-state index is 12.6. The number of esters is 1. The molecule has 0 aromatic heterocycles. The van der Waals surface area contributed by atoms with E-state index in [1.54, 1.807) is 66.7 Å². The third kappa shape index (κ3) is 10.3. The Kier molecular flexibility index (Phi) is 10.2. The Labute approximate surface area is 225 Å². The van der Waals surface area contributed by atoms with Gasteiger partial charge in [0, 0.05) is 6.42 Å². The van der Waals surface area contributed by atoms with E-state index < -0.39 is 40.9 Å². The highest BCUT2D eigenvalue weighted by atomic mass is 16.6. The standard InChI is InChI=1S/C29H40N2O7/c1-27(2,3)37-25(33)30-23(21-14-10-9-11-15-21)19-36-22-16-12-13-20(17-22)18-29(7,24(32)35-8)31-26(34)38-28(4,5)6/h9-17,23H,18-19H2,1-8H3,(H,30,33)(H,31,34)/t23?,29-/m0/s1. The molecule has 0 radical (unpaired) electrons. The van der Waals surface area contributed by atoms with Crippen molar-refractivity contribution in [1.29, 1.82) is 0 Å². The van der Waals surface area contributed by atoms with Gasteiger partial charge in [-0.1, -0.05) is 42.5 Å². The summed E-state index contributed by atoms with van der Waals surface area (Å²) in [5.74, 6) is -0.0840. The Morgan fingerprint density at radius 2 is 1.42 bits per heavy atom. The lowest BCUT2D eigenvalue weighted by atomic mass is 9.93. The van der Waals surface area contributed by atoms with Gasteiger partial charge in [-0.3, -0.25) is 0 Å². The van der Waals surface area contributed by atoms with E-state index in [1.165, 1.54) is 7.11 Å². The highest BCUT2D eigenvalue weighted by molar-refractivity contribution is 5.85.